The minimum Gasteiger partial charge on any atom is -0.378 e. The molecule has 1 heterocycles. The van der Waals surface area contributed by atoms with Crippen molar-refractivity contribution < 1.29 is 0 Å². The molecule has 0 saturated heterocycles. The van der Waals surface area contributed by atoms with Gasteiger partial charge in [-0.1, -0.05) is 37.3 Å². The van der Waals surface area contributed by atoms with E-state index >= 15 is 0 Å². The first-order valence-corrected chi connectivity index (χ1v) is 6.07. The summed E-state index contributed by atoms with van der Waals surface area (Å²) in [5.74, 6) is 6.01. The van der Waals surface area contributed by atoms with E-state index in [2.05, 4.69) is 46.9 Å². The van der Waals surface area contributed by atoms with Gasteiger partial charge in [-0.05, 0) is 18.1 Å². The van der Waals surface area contributed by atoms with Gasteiger partial charge in [0.2, 0.25) is 0 Å². The van der Waals surface area contributed by atoms with Crippen molar-refractivity contribution >= 4 is 11.5 Å². The van der Waals surface area contributed by atoms with Crippen LogP contribution in [0.15, 0.2) is 48.7 Å². The van der Waals surface area contributed by atoms with Crippen molar-refractivity contribution in [1.29, 1.82) is 0 Å². The molecule has 18 heavy (non-hydrogen) atoms. The zero-order valence-corrected chi connectivity index (χ0v) is 10.4. The molecule has 0 spiro atoms. The van der Waals surface area contributed by atoms with E-state index < -0.39 is 0 Å². The molecule has 0 bridgehead atoms. The van der Waals surface area contributed by atoms with Crippen LogP contribution in [0.25, 0.3) is 0 Å². The number of rotatable bonds is 5. The average molecular weight is 242 g/mol. The fraction of sp³-hybridized carbons (Fsp3) is 0.214. The van der Waals surface area contributed by atoms with E-state index in [4.69, 9.17) is 5.84 Å². The highest BCUT2D eigenvalue weighted by Gasteiger charge is 2.08. The maximum atomic E-state index is 5.35. The van der Waals surface area contributed by atoms with Crippen LogP contribution in [0.5, 0.6) is 0 Å². The molecule has 1 atom stereocenters. The largest absolute Gasteiger partial charge is 0.378 e. The maximum absolute atomic E-state index is 5.35. The number of benzene rings is 1. The van der Waals surface area contributed by atoms with E-state index in [0.29, 0.717) is 11.9 Å². The average Bonchev–Trinajstić information content (AvgIpc) is 2.46. The summed E-state index contributed by atoms with van der Waals surface area (Å²) in [5.41, 5.74) is 4.83. The highest BCUT2D eigenvalue weighted by molar-refractivity contribution is 5.52. The summed E-state index contributed by atoms with van der Waals surface area (Å²) in [6.45, 7) is 2.16. The van der Waals surface area contributed by atoms with Crippen LogP contribution in [-0.2, 0) is 0 Å². The number of nitrogens with two attached hydrogens (primary N) is 1. The van der Waals surface area contributed by atoms with E-state index in [1.807, 2.05) is 18.2 Å². The van der Waals surface area contributed by atoms with Crippen molar-refractivity contribution in [2.75, 3.05) is 10.7 Å². The highest BCUT2D eigenvalue weighted by Crippen LogP contribution is 2.22. The van der Waals surface area contributed by atoms with E-state index in [1.165, 1.54) is 5.56 Å². The molecule has 4 N–H and O–H groups in total. The zero-order chi connectivity index (χ0) is 12.8. The van der Waals surface area contributed by atoms with E-state index in [9.17, 15) is 0 Å². The van der Waals surface area contributed by atoms with Crippen LogP contribution in [0.4, 0.5) is 11.5 Å². The van der Waals surface area contributed by atoms with E-state index in [-0.39, 0.29) is 0 Å². The van der Waals surface area contributed by atoms with Gasteiger partial charge < -0.3 is 10.7 Å². The van der Waals surface area contributed by atoms with Crippen LogP contribution in [0.1, 0.15) is 24.9 Å². The van der Waals surface area contributed by atoms with Crippen LogP contribution in [0.2, 0.25) is 0 Å². The monoisotopic (exact) mass is 242 g/mol. The number of nitrogens with one attached hydrogen (secondary N) is 2. The van der Waals surface area contributed by atoms with Crippen molar-refractivity contribution in [2.45, 2.75) is 19.4 Å². The molecule has 1 aromatic heterocycles. The lowest BCUT2D eigenvalue weighted by atomic mass is 10.0. The van der Waals surface area contributed by atoms with Crippen LogP contribution in [0.3, 0.4) is 0 Å². The van der Waals surface area contributed by atoms with E-state index in [0.717, 1.165) is 12.1 Å². The molecule has 2 aromatic rings. The van der Waals surface area contributed by atoms with Crippen LogP contribution >= 0.6 is 0 Å². The van der Waals surface area contributed by atoms with Crippen molar-refractivity contribution in [3.05, 3.63) is 54.2 Å². The smallest absolute Gasteiger partial charge is 0.141 e. The number of hydrazine groups is 1. The molecule has 0 saturated carbocycles. The van der Waals surface area contributed by atoms with Gasteiger partial charge in [0.25, 0.3) is 0 Å². The summed E-state index contributed by atoms with van der Waals surface area (Å²) < 4.78 is 0. The fourth-order valence-corrected chi connectivity index (χ4v) is 1.91. The predicted molar refractivity (Wildman–Crippen MR) is 75.1 cm³/mol. The number of anilines is 2. The Hall–Kier alpha value is -2.07. The second-order valence-electron chi connectivity index (χ2n) is 4.09. The maximum Gasteiger partial charge on any atom is 0.141 e. The quantitative estimate of drug-likeness (QED) is 0.557. The molecule has 0 aliphatic rings. The predicted octanol–water partition coefficient (Wildman–Crippen LogP) is 2.93. The standard InChI is InChI=1S/C14H18N4/c1-2-13(11-6-4-3-5-7-11)17-12-8-9-16-14(10-12)18-15/h3-10,13H,2,15H2,1H3,(H2,16,17,18). The molecule has 1 aromatic carbocycles. The van der Waals surface area contributed by atoms with Crippen LogP contribution in [0, 0.1) is 0 Å². The highest BCUT2D eigenvalue weighted by atomic mass is 15.2. The van der Waals surface area contributed by atoms with Gasteiger partial charge in [-0.15, -0.1) is 0 Å². The number of hydrogen-bond donors (Lipinski definition) is 3. The molecule has 0 aliphatic carbocycles. The van der Waals surface area contributed by atoms with E-state index in [1.54, 1.807) is 6.20 Å². The lowest BCUT2D eigenvalue weighted by Gasteiger charge is -2.19. The summed E-state index contributed by atoms with van der Waals surface area (Å²) in [5, 5.41) is 3.48. The Morgan fingerprint density at radius 3 is 2.67 bits per heavy atom. The summed E-state index contributed by atoms with van der Waals surface area (Å²) >= 11 is 0. The summed E-state index contributed by atoms with van der Waals surface area (Å²) in [4.78, 5) is 4.09. The summed E-state index contributed by atoms with van der Waals surface area (Å²) in [6, 6.07) is 14.5. The van der Waals surface area contributed by atoms with Crippen molar-refractivity contribution in [3.63, 3.8) is 0 Å². The third-order valence-electron chi connectivity index (χ3n) is 2.86. The van der Waals surface area contributed by atoms with Crippen molar-refractivity contribution in [3.8, 4) is 0 Å². The Morgan fingerprint density at radius 1 is 1.22 bits per heavy atom. The minimum absolute atomic E-state index is 0.291. The van der Waals surface area contributed by atoms with Gasteiger partial charge >= 0.3 is 0 Å². The molecule has 0 aliphatic heterocycles. The third kappa shape index (κ3) is 2.99. The fourth-order valence-electron chi connectivity index (χ4n) is 1.91. The number of pyridine rings is 1. The first-order valence-electron chi connectivity index (χ1n) is 6.07. The Balaban J connectivity index is 2.15. The second-order valence-corrected chi connectivity index (χ2v) is 4.09. The Kier molecular flexibility index (Phi) is 4.15. The first kappa shape index (κ1) is 12.4. The van der Waals surface area contributed by atoms with Crippen LogP contribution < -0.4 is 16.6 Å². The molecule has 4 heteroatoms. The lowest BCUT2D eigenvalue weighted by Crippen LogP contribution is -2.11. The number of hydrogen-bond acceptors (Lipinski definition) is 4. The molecule has 0 radical (unpaired) electrons. The third-order valence-corrected chi connectivity index (χ3v) is 2.86. The molecular weight excluding hydrogens is 224 g/mol. The Labute approximate surface area is 107 Å². The molecule has 0 fully saturated rings. The molecule has 94 valence electrons. The topological polar surface area (TPSA) is 63.0 Å². The number of nitrogens with zero attached hydrogens (tertiary/aromatic N) is 1. The van der Waals surface area contributed by atoms with Crippen LogP contribution in [-0.4, -0.2) is 4.98 Å². The molecular formula is C14H18N4. The first-order chi connectivity index (χ1) is 8.83. The minimum atomic E-state index is 0.291. The Morgan fingerprint density at radius 2 is 2.00 bits per heavy atom. The van der Waals surface area contributed by atoms with Gasteiger partial charge in [0.15, 0.2) is 0 Å². The van der Waals surface area contributed by atoms with Gasteiger partial charge in [0.1, 0.15) is 5.82 Å². The summed E-state index contributed by atoms with van der Waals surface area (Å²) in [7, 11) is 0. The van der Waals surface area contributed by atoms with Crippen molar-refractivity contribution in [2.24, 2.45) is 5.84 Å². The summed E-state index contributed by atoms with van der Waals surface area (Å²) in [6.07, 6.45) is 2.74. The molecule has 2 rings (SSSR count). The SMILES string of the molecule is CCC(Nc1ccnc(NN)c1)c1ccccc1. The van der Waals surface area contributed by atoms with Gasteiger partial charge in [-0.25, -0.2) is 10.8 Å². The number of aromatic nitrogens is 1. The molecule has 4 nitrogen and oxygen atoms in total. The van der Waals surface area contributed by atoms with Gasteiger partial charge in [-0.3, -0.25) is 0 Å². The lowest BCUT2D eigenvalue weighted by molar-refractivity contribution is 0.749. The zero-order valence-electron chi connectivity index (χ0n) is 10.4. The number of nitrogen functional groups attached to an aromatic ring is 1. The molecule has 0 amide bonds. The van der Waals surface area contributed by atoms with Crippen molar-refractivity contribution in [1.82, 2.24) is 4.98 Å². The second kappa shape index (κ2) is 6.02. The normalized spacial score (nSPS) is 11.9. The van der Waals surface area contributed by atoms with Gasteiger partial charge in [0.05, 0.1) is 6.04 Å². The van der Waals surface area contributed by atoms with Gasteiger partial charge in [0, 0.05) is 18.0 Å². The molecule has 1 unspecified atom stereocenters. The van der Waals surface area contributed by atoms with Gasteiger partial charge in [-0.2, -0.15) is 0 Å². The Bertz CT molecular complexity index is 484.